The first-order chi connectivity index (χ1) is 8.22. The normalized spacial score (nSPS) is 20.1. The number of amides is 1. The number of morpholine rings is 1. The molecule has 1 aliphatic heterocycles. The van der Waals surface area contributed by atoms with E-state index in [2.05, 4.69) is 10.4 Å². The Morgan fingerprint density at radius 2 is 2.53 bits per heavy atom. The maximum atomic E-state index is 12.3. The number of ether oxygens (including phenoxy) is 1. The Balaban J connectivity index is 2.18. The van der Waals surface area contributed by atoms with Gasteiger partial charge in [0.2, 0.25) is 0 Å². The van der Waals surface area contributed by atoms with Crippen molar-refractivity contribution in [3.05, 3.63) is 23.9 Å². The van der Waals surface area contributed by atoms with Crippen molar-refractivity contribution >= 4 is 11.7 Å². The number of nitrogens with one attached hydrogen (secondary N) is 1. The molecule has 0 saturated carbocycles. The Morgan fingerprint density at radius 1 is 1.71 bits per heavy atom. The van der Waals surface area contributed by atoms with E-state index in [-0.39, 0.29) is 12.0 Å². The Bertz CT molecular complexity index is 410. The van der Waals surface area contributed by atoms with Gasteiger partial charge < -0.3 is 15.1 Å². The molecule has 1 unspecified atom stereocenters. The van der Waals surface area contributed by atoms with Crippen LogP contribution < -0.4 is 11.3 Å². The van der Waals surface area contributed by atoms with Crippen molar-refractivity contribution in [2.24, 2.45) is 5.84 Å². The van der Waals surface area contributed by atoms with Crippen LogP contribution in [0.3, 0.4) is 0 Å². The minimum atomic E-state index is -0.0683. The number of hydrogen-bond donors (Lipinski definition) is 2. The fourth-order valence-corrected chi connectivity index (χ4v) is 1.87. The summed E-state index contributed by atoms with van der Waals surface area (Å²) < 4.78 is 5.40. The van der Waals surface area contributed by atoms with Crippen LogP contribution in [0.4, 0.5) is 5.82 Å². The molecule has 3 N–H and O–H groups in total. The van der Waals surface area contributed by atoms with Gasteiger partial charge in [-0.3, -0.25) is 4.79 Å². The average molecular weight is 236 g/mol. The van der Waals surface area contributed by atoms with Crippen LogP contribution in [0.2, 0.25) is 0 Å². The summed E-state index contributed by atoms with van der Waals surface area (Å²) >= 11 is 0. The van der Waals surface area contributed by atoms with Crippen LogP contribution >= 0.6 is 0 Å². The summed E-state index contributed by atoms with van der Waals surface area (Å²) in [7, 11) is 0. The number of anilines is 1. The number of hydrazine groups is 1. The maximum absolute atomic E-state index is 12.3. The van der Waals surface area contributed by atoms with Crippen LogP contribution in [0, 0.1) is 0 Å². The molecule has 0 spiro atoms. The van der Waals surface area contributed by atoms with Crippen molar-refractivity contribution in [3.8, 4) is 0 Å². The number of nitrogens with two attached hydrogens (primary N) is 1. The first kappa shape index (κ1) is 11.8. The molecule has 6 nitrogen and oxygen atoms in total. The van der Waals surface area contributed by atoms with Crippen LogP contribution in [-0.4, -0.2) is 41.6 Å². The number of nitrogen functional groups attached to an aromatic ring is 1. The summed E-state index contributed by atoms with van der Waals surface area (Å²) in [5.41, 5.74) is 2.93. The lowest BCUT2D eigenvalue weighted by Gasteiger charge is -2.31. The Labute approximate surface area is 99.7 Å². The number of carbonyl (C=O) groups is 1. The Kier molecular flexibility index (Phi) is 3.55. The SMILES string of the molecule is CC1CN(C(=O)c2cccnc2NN)CCO1. The van der Waals surface area contributed by atoms with Gasteiger partial charge in [0.25, 0.3) is 5.91 Å². The second kappa shape index (κ2) is 5.11. The quantitative estimate of drug-likeness (QED) is 0.567. The molecule has 1 aromatic heterocycles. The fraction of sp³-hybridized carbons (Fsp3) is 0.455. The fourth-order valence-electron chi connectivity index (χ4n) is 1.87. The zero-order chi connectivity index (χ0) is 12.3. The molecule has 1 saturated heterocycles. The van der Waals surface area contributed by atoms with Gasteiger partial charge in [-0.15, -0.1) is 0 Å². The summed E-state index contributed by atoms with van der Waals surface area (Å²) in [5.74, 6) is 5.67. The zero-order valence-electron chi connectivity index (χ0n) is 9.72. The van der Waals surface area contributed by atoms with Gasteiger partial charge in [0, 0.05) is 19.3 Å². The molecular weight excluding hydrogens is 220 g/mol. The summed E-state index contributed by atoms with van der Waals surface area (Å²) in [4.78, 5) is 18.0. The lowest BCUT2D eigenvalue weighted by molar-refractivity contribution is -0.0124. The summed E-state index contributed by atoms with van der Waals surface area (Å²) in [6.45, 7) is 3.71. The van der Waals surface area contributed by atoms with E-state index in [1.165, 1.54) is 0 Å². The minimum Gasteiger partial charge on any atom is -0.375 e. The number of aromatic nitrogens is 1. The Morgan fingerprint density at radius 3 is 3.24 bits per heavy atom. The number of nitrogens with zero attached hydrogens (tertiary/aromatic N) is 2. The highest BCUT2D eigenvalue weighted by Crippen LogP contribution is 2.15. The van der Waals surface area contributed by atoms with E-state index in [9.17, 15) is 4.79 Å². The summed E-state index contributed by atoms with van der Waals surface area (Å²) in [5, 5.41) is 0. The molecule has 1 aromatic rings. The van der Waals surface area contributed by atoms with Gasteiger partial charge in [0.1, 0.15) is 0 Å². The van der Waals surface area contributed by atoms with Gasteiger partial charge >= 0.3 is 0 Å². The van der Waals surface area contributed by atoms with Crippen molar-refractivity contribution in [2.45, 2.75) is 13.0 Å². The van der Waals surface area contributed by atoms with Crippen LogP contribution in [0.15, 0.2) is 18.3 Å². The average Bonchev–Trinajstić information content (AvgIpc) is 2.38. The minimum absolute atomic E-state index is 0.0682. The van der Waals surface area contributed by atoms with Crippen LogP contribution in [0.1, 0.15) is 17.3 Å². The highest BCUT2D eigenvalue weighted by Gasteiger charge is 2.24. The van der Waals surface area contributed by atoms with Crippen molar-refractivity contribution in [3.63, 3.8) is 0 Å². The molecule has 1 amide bonds. The summed E-state index contributed by atoms with van der Waals surface area (Å²) in [6, 6.07) is 3.43. The lowest BCUT2D eigenvalue weighted by atomic mass is 10.2. The van der Waals surface area contributed by atoms with E-state index in [1.54, 1.807) is 23.2 Å². The van der Waals surface area contributed by atoms with E-state index >= 15 is 0 Å². The highest BCUT2D eigenvalue weighted by atomic mass is 16.5. The molecule has 6 heteroatoms. The van der Waals surface area contributed by atoms with Crippen molar-refractivity contribution in [1.29, 1.82) is 0 Å². The number of pyridine rings is 1. The van der Waals surface area contributed by atoms with Gasteiger partial charge in [0.05, 0.1) is 18.3 Å². The van der Waals surface area contributed by atoms with Crippen LogP contribution in [-0.2, 0) is 4.74 Å². The van der Waals surface area contributed by atoms with Gasteiger partial charge in [-0.05, 0) is 19.1 Å². The van der Waals surface area contributed by atoms with Crippen molar-refractivity contribution in [2.75, 3.05) is 25.1 Å². The van der Waals surface area contributed by atoms with Gasteiger partial charge in [0.15, 0.2) is 5.82 Å². The second-order valence-corrected chi connectivity index (χ2v) is 3.98. The lowest BCUT2D eigenvalue weighted by Crippen LogP contribution is -2.44. The molecule has 1 atom stereocenters. The Hall–Kier alpha value is -1.66. The van der Waals surface area contributed by atoms with Crippen molar-refractivity contribution in [1.82, 2.24) is 9.88 Å². The zero-order valence-corrected chi connectivity index (χ0v) is 9.72. The number of hydrogen-bond acceptors (Lipinski definition) is 5. The first-order valence-electron chi connectivity index (χ1n) is 5.55. The number of carbonyl (C=O) groups excluding carboxylic acids is 1. The van der Waals surface area contributed by atoms with Crippen LogP contribution in [0.5, 0.6) is 0 Å². The molecule has 0 aromatic carbocycles. The molecule has 0 radical (unpaired) electrons. The molecule has 0 bridgehead atoms. The third-order valence-corrected chi connectivity index (χ3v) is 2.70. The standard InChI is InChI=1S/C11H16N4O2/c1-8-7-15(5-6-17-8)11(16)9-3-2-4-13-10(9)14-12/h2-4,8H,5-7,12H2,1H3,(H,13,14). The third kappa shape index (κ3) is 2.54. The molecule has 17 heavy (non-hydrogen) atoms. The highest BCUT2D eigenvalue weighted by molar-refractivity contribution is 5.98. The third-order valence-electron chi connectivity index (χ3n) is 2.70. The topological polar surface area (TPSA) is 80.5 Å². The van der Waals surface area contributed by atoms with E-state index in [1.807, 2.05) is 6.92 Å². The monoisotopic (exact) mass is 236 g/mol. The van der Waals surface area contributed by atoms with Gasteiger partial charge in [-0.25, -0.2) is 10.8 Å². The summed E-state index contributed by atoms with van der Waals surface area (Å²) in [6.07, 6.45) is 1.66. The predicted octanol–water partition coefficient (Wildman–Crippen LogP) is 0.228. The molecule has 0 aliphatic carbocycles. The van der Waals surface area contributed by atoms with E-state index in [4.69, 9.17) is 10.6 Å². The second-order valence-electron chi connectivity index (χ2n) is 3.98. The molecule has 2 rings (SSSR count). The molecule has 1 fully saturated rings. The van der Waals surface area contributed by atoms with Crippen LogP contribution in [0.25, 0.3) is 0 Å². The predicted molar refractivity (Wildman–Crippen MR) is 63.4 cm³/mol. The molecular formula is C11H16N4O2. The maximum Gasteiger partial charge on any atom is 0.257 e. The van der Waals surface area contributed by atoms with Gasteiger partial charge in [-0.1, -0.05) is 0 Å². The molecule has 92 valence electrons. The van der Waals surface area contributed by atoms with Crippen molar-refractivity contribution < 1.29 is 9.53 Å². The molecule has 2 heterocycles. The number of rotatable bonds is 2. The largest absolute Gasteiger partial charge is 0.375 e. The van der Waals surface area contributed by atoms with E-state index in [0.29, 0.717) is 31.1 Å². The van der Waals surface area contributed by atoms with E-state index in [0.717, 1.165) is 0 Å². The molecule has 1 aliphatic rings. The first-order valence-corrected chi connectivity index (χ1v) is 5.55. The smallest absolute Gasteiger partial charge is 0.257 e. The van der Waals surface area contributed by atoms with Gasteiger partial charge in [-0.2, -0.15) is 0 Å². The van der Waals surface area contributed by atoms with E-state index < -0.39 is 0 Å².